The molecule has 0 bridgehead atoms. The fraction of sp³-hybridized carbons (Fsp3) is 0.400. The van der Waals surface area contributed by atoms with Crippen molar-refractivity contribution < 1.29 is 27.4 Å². The Kier molecular flexibility index (Phi) is 8.07. The first-order valence-electron chi connectivity index (χ1n) is 11.5. The van der Waals surface area contributed by atoms with Crippen LogP contribution in [0, 0.1) is 0 Å². The highest BCUT2D eigenvalue weighted by atomic mass is 32.2. The highest BCUT2D eigenvalue weighted by Crippen LogP contribution is 2.44. The van der Waals surface area contributed by atoms with E-state index in [4.69, 9.17) is 9.84 Å². The number of hydrogen-bond acceptors (Lipinski definition) is 6. The number of ether oxygens (including phenoxy) is 1. The molecule has 0 unspecified atom stereocenters. The molecule has 2 aromatic carbocycles. The Labute approximate surface area is 206 Å². The van der Waals surface area contributed by atoms with Gasteiger partial charge in [0.25, 0.3) is 0 Å². The summed E-state index contributed by atoms with van der Waals surface area (Å²) >= 11 is 0. The molecule has 0 aromatic heterocycles. The number of para-hydroxylation sites is 1. The summed E-state index contributed by atoms with van der Waals surface area (Å²) in [5.41, 5.74) is 1.04. The molecule has 10 heteroatoms. The van der Waals surface area contributed by atoms with E-state index in [9.17, 15) is 17.6 Å². The van der Waals surface area contributed by atoms with Gasteiger partial charge in [-0.15, -0.1) is 0 Å². The lowest BCUT2D eigenvalue weighted by atomic mass is 9.89. The molecule has 0 fully saturated rings. The third kappa shape index (κ3) is 5.76. The van der Waals surface area contributed by atoms with E-state index in [1.807, 2.05) is 42.2 Å². The predicted molar refractivity (Wildman–Crippen MR) is 135 cm³/mol. The largest absolute Gasteiger partial charge is 0.476 e. The second-order valence-electron chi connectivity index (χ2n) is 8.84. The van der Waals surface area contributed by atoms with Crippen LogP contribution in [0.4, 0.5) is 21.5 Å². The van der Waals surface area contributed by atoms with Crippen LogP contribution in [0.2, 0.25) is 0 Å². The number of rotatable bonds is 9. The molecule has 1 aliphatic heterocycles. The number of carbonyl (C=O) groups is 1. The molecule has 8 nitrogen and oxygen atoms in total. The summed E-state index contributed by atoms with van der Waals surface area (Å²) < 4.78 is 49.3. The molecule has 1 heterocycles. The second-order valence-corrected chi connectivity index (χ2v) is 10.5. The molecule has 0 amide bonds. The molecule has 0 saturated heterocycles. The number of nitrogens with zero attached hydrogens (tertiary/aromatic N) is 2. The topological polar surface area (TPSA) is 99.2 Å². The Morgan fingerprint density at radius 1 is 1.26 bits per heavy atom. The van der Waals surface area contributed by atoms with Crippen LogP contribution in [0.3, 0.4) is 0 Å². The van der Waals surface area contributed by atoms with Crippen LogP contribution in [0.1, 0.15) is 39.5 Å². The quantitative estimate of drug-likeness (QED) is 0.373. The van der Waals surface area contributed by atoms with E-state index < -0.39 is 27.4 Å². The summed E-state index contributed by atoms with van der Waals surface area (Å²) in [5.74, 6) is -3.26. The fourth-order valence-corrected chi connectivity index (χ4v) is 5.88. The standard InChI is InChI=1S/C25H32FN3O5S/c1-5-7-13-25(6-2)17-29(18-11-9-8-10-12-18)21-14-20(28(3)4)22(34-16-19(26)24(30)31)15-23(21)35(32,33)27-25/h8-12,14-16,27H,5-7,13,17H2,1-4H3,(H,30,31)/b19-16-/t25-/m1/s1. The van der Waals surface area contributed by atoms with Crippen molar-refractivity contribution in [2.75, 3.05) is 30.4 Å². The molecule has 0 radical (unpaired) electrons. The summed E-state index contributed by atoms with van der Waals surface area (Å²) in [4.78, 5) is 14.5. The number of sulfonamides is 1. The molecule has 2 aromatic rings. The minimum atomic E-state index is -4.01. The summed E-state index contributed by atoms with van der Waals surface area (Å²) in [5, 5.41) is 8.82. The van der Waals surface area contributed by atoms with Crippen molar-refractivity contribution in [2.24, 2.45) is 0 Å². The number of fused-ring (bicyclic) bond motifs is 1. The summed E-state index contributed by atoms with van der Waals surface area (Å²) in [6.45, 7) is 4.45. The minimum absolute atomic E-state index is 0.0149. The maximum Gasteiger partial charge on any atom is 0.368 e. The van der Waals surface area contributed by atoms with E-state index in [0.29, 0.717) is 37.0 Å². The van der Waals surface area contributed by atoms with Gasteiger partial charge in [0, 0.05) is 32.4 Å². The van der Waals surface area contributed by atoms with Gasteiger partial charge >= 0.3 is 5.97 Å². The molecule has 0 aliphatic carbocycles. The van der Waals surface area contributed by atoms with Crippen molar-refractivity contribution in [1.29, 1.82) is 0 Å². The molecular weight excluding hydrogens is 473 g/mol. The number of benzene rings is 2. The van der Waals surface area contributed by atoms with Gasteiger partial charge in [-0.1, -0.05) is 44.9 Å². The normalized spacial score (nSPS) is 19.6. The third-order valence-corrected chi connectivity index (χ3v) is 7.77. The number of carboxylic acids is 1. The van der Waals surface area contributed by atoms with Crippen molar-refractivity contribution in [3.8, 4) is 5.75 Å². The van der Waals surface area contributed by atoms with Crippen molar-refractivity contribution >= 4 is 33.1 Å². The Morgan fingerprint density at radius 3 is 2.51 bits per heavy atom. The molecule has 1 atom stereocenters. The summed E-state index contributed by atoms with van der Waals surface area (Å²) in [6.07, 6.45) is 3.48. The van der Waals surface area contributed by atoms with Crippen LogP contribution < -0.4 is 19.3 Å². The first kappa shape index (κ1) is 26.5. The number of nitrogens with one attached hydrogen (secondary N) is 1. The van der Waals surface area contributed by atoms with Gasteiger partial charge in [-0.25, -0.2) is 17.9 Å². The zero-order valence-electron chi connectivity index (χ0n) is 20.4. The van der Waals surface area contributed by atoms with Gasteiger partial charge in [-0.2, -0.15) is 4.39 Å². The zero-order valence-corrected chi connectivity index (χ0v) is 21.2. The smallest absolute Gasteiger partial charge is 0.368 e. The lowest BCUT2D eigenvalue weighted by Gasteiger charge is -2.36. The van der Waals surface area contributed by atoms with Crippen LogP contribution in [0.5, 0.6) is 5.75 Å². The monoisotopic (exact) mass is 505 g/mol. The number of halogens is 1. The Balaban J connectivity index is 2.27. The molecule has 35 heavy (non-hydrogen) atoms. The second kappa shape index (κ2) is 10.7. The summed E-state index contributed by atoms with van der Waals surface area (Å²) in [7, 11) is -0.539. The van der Waals surface area contributed by atoms with Gasteiger partial charge in [0.2, 0.25) is 15.9 Å². The van der Waals surface area contributed by atoms with Crippen LogP contribution >= 0.6 is 0 Å². The highest BCUT2D eigenvalue weighted by Gasteiger charge is 2.41. The van der Waals surface area contributed by atoms with Crippen LogP contribution in [-0.4, -0.2) is 45.7 Å². The van der Waals surface area contributed by atoms with E-state index in [1.165, 1.54) is 6.07 Å². The maximum absolute atomic E-state index is 13.7. The SMILES string of the molecule is CCCC[C@]1(CC)CN(c2ccccc2)c2cc(N(C)C)c(O/C=C(\F)C(=O)O)cc2S(=O)(=O)N1. The molecule has 0 saturated carbocycles. The Morgan fingerprint density at radius 2 is 1.94 bits per heavy atom. The van der Waals surface area contributed by atoms with Gasteiger partial charge in [-0.3, -0.25) is 0 Å². The van der Waals surface area contributed by atoms with Crippen molar-refractivity contribution in [1.82, 2.24) is 4.72 Å². The van der Waals surface area contributed by atoms with Crippen molar-refractivity contribution in [2.45, 2.75) is 50.0 Å². The molecule has 2 N–H and O–H groups in total. The number of aliphatic carboxylic acids is 1. The predicted octanol–water partition coefficient (Wildman–Crippen LogP) is 4.80. The van der Waals surface area contributed by atoms with Gasteiger partial charge in [-0.05, 0) is 31.0 Å². The molecule has 3 rings (SSSR count). The van der Waals surface area contributed by atoms with E-state index in [2.05, 4.69) is 11.6 Å². The summed E-state index contributed by atoms with van der Waals surface area (Å²) in [6, 6.07) is 12.5. The molecule has 1 aliphatic rings. The van der Waals surface area contributed by atoms with Crippen LogP contribution in [0.15, 0.2) is 59.4 Å². The molecular formula is C25H32FN3O5S. The molecule has 190 valence electrons. The first-order valence-corrected chi connectivity index (χ1v) is 13.0. The van der Waals surface area contributed by atoms with Gasteiger partial charge in [0.15, 0.2) is 5.75 Å². The number of anilines is 3. The number of unbranched alkanes of at least 4 members (excludes halogenated alkanes) is 1. The van der Waals surface area contributed by atoms with Crippen molar-refractivity contribution in [3.05, 3.63) is 54.6 Å². The first-order chi connectivity index (χ1) is 16.5. The number of carboxylic acid groups (broad SMARTS) is 1. The van der Waals surface area contributed by atoms with E-state index in [1.54, 1.807) is 25.1 Å². The average Bonchev–Trinajstić information content (AvgIpc) is 2.93. The van der Waals surface area contributed by atoms with E-state index in [-0.39, 0.29) is 10.6 Å². The van der Waals surface area contributed by atoms with Gasteiger partial charge in [0.1, 0.15) is 11.2 Å². The fourth-order valence-electron chi connectivity index (χ4n) is 4.18. The Hall–Kier alpha value is -3.11. The minimum Gasteiger partial charge on any atom is -0.476 e. The van der Waals surface area contributed by atoms with Crippen LogP contribution in [0.25, 0.3) is 0 Å². The number of hydrogen-bond donors (Lipinski definition) is 2. The lowest BCUT2D eigenvalue weighted by molar-refractivity contribution is -0.134. The van der Waals surface area contributed by atoms with Gasteiger partial charge < -0.3 is 19.6 Å². The van der Waals surface area contributed by atoms with Crippen LogP contribution in [-0.2, 0) is 14.8 Å². The highest BCUT2D eigenvalue weighted by molar-refractivity contribution is 7.89. The van der Waals surface area contributed by atoms with E-state index in [0.717, 1.165) is 18.5 Å². The maximum atomic E-state index is 13.7. The zero-order chi connectivity index (χ0) is 25.8. The average molecular weight is 506 g/mol. The van der Waals surface area contributed by atoms with Gasteiger partial charge in [0.05, 0.1) is 16.9 Å². The van der Waals surface area contributed by atoms with Crippen molar-refractivity contribution in [3.63, 3.8) is 0 Å². The third-order valence-electron chi connectivity index (χ3n) is 6.16. The molecule has 0 spiro atoms. The van der Waals surface area contributed by atoms with E-state index >= 15 is 0 Å². The lowest BCUT2D eigenvalue weighted by Crippen LogP contribution is -2.52. The Bertz CT molecular complexity index is 1200.